The summed E-state index contributed by atoms with van der Waals surface area (Å²) in [4.78, 5) is 1.97. The number of allylic oxidation sites excluding steroid dienone is 2. The molecule has 0 aromatic rings. The van der Waals surface area contributed by atoms with Gasteiger partial charge in [-0.25, -0.2) is 0 Å². The summed E-state index contributed by atoms with van der Waals surface area (Å²) in [6.45, 7) is 5.76. The zero-order chi connectivity index (χ0) is 6.57. The Bertz CT molecular complexity index is 101. The van der Waals surface area contributed by atoms with E-state index in [1.165, 1.54) is 0 Å². The lowest BCUT2D eigenvalue weighted by Crippen LogP contribution is -2.07. The van der Waals surface area contributed by atoms with Gasteiger partial charge in [0.1, 0.15) is 0 Å². The van der Waals surface area contributed by atoms with E-state index in [0.29, 0.717) is 0 Å². The first-order valence-corrected chi connectivity index (χ1v) is 2.67. The number of rotatable bonds is 2. The van der Waals surface area contributed by atoms with Crippen LogP contribution in [0.25, 0.3) is 0 Å². The molecule has 0 heterocycles. The zero-order valence-electron chi connectivity index (χ0n) is 5.81. The number of nitrogens with zero attached hydrogens (tertiary/aromatic N) is 1. The van der Waals surface area contributed by atoms with E-state index < -0.39 is 0 Å². The summed E-state index contributed by atoms with van der Waals surface area (Å²) in [5.41, 5.74) is 1.03. The predicted octanol–water partition coefficient (Wildman–Crippen LogP) is 1.64. The fourth-order valence-electron chi connectivity index (χ4n) is 0.341. The maximum Gasteiger partial charge on any atom is 0.0284 e. The molecule has 0 aromatic heterocycles. The van der Waals surface area contributed by atoms with Crippen molar-refractivity contribution >= 4 is 0 Å². The van der Waals surface area contributed by atoms with E-state index in [1.54, 1.807) is 0 Å². The van der Waals surface area contributed by atoms with Gasteiger partial charge >= 0.3 is 0 Å². The van der Waals surface area contributed by atoms with E-state index in [1.807, 2.05) is 38.1 Å². The van der Waals surface area contributed by atoms with Gasteiger partial charge in [-0.2, -0.15) is 0 Å². The fourth-order valence-corrected chi connectivity index (χ4v) is 0.341. The van der Waals surface area contributed by atoms with Crippen molar-refractivity contribution in [1.29, 1.82) is 0 Å². The average Bonchev–Trinajstić information content (AvgIpc) is 1.67. The van der Waals surface area contributed by atoms with E-state index in [4.69, 9.17) is 0 Å². The predicted molar refractivity (Wildman–Crippen MR) is 37.6 cm³/mol. The van der Waals surface area contributed by atoms with Crippen LogP contribution < -0.4 is 0 Å². The summed E-state index contributed by atoms with van der Waals surface area (Å²) in [6.07, 6.45) is 3.95. The first-order valence-electron chi connectivity index (χ1n) is 2.67. The van der Waals surface area contributed by atoms with Gasteiger partial charge < -0.3 is 4.90 Å². The largest absolute Gasteiger partial charge is 0.378 e. The summed E-state index contributed by atoms with van der Waals surface area (Å²) in [7, 11) is 3.95. The van der Waals surface area contributed by atoms with Crippen LogP contribution in [-0.4, -0.2) is 19.0 Å². The Morgan fingerprint density at radius 3 is 2.12 bits per heavy atom. The van der Waals surface area contributed by atoms with Gasteiger partial charge in [0.25, 0.3) is 0 Å². The number of hydrogen-bond acceptors (Lipinski definition) is 1. The Morgan fingerprint density at radius 2 is 2.00 bits per heavy atom. The highest BCUT2D eigenvalue weighted by Gasteiger charge is 1.84. The molecule has 0 fully saturated rings. The molecule has 1 heteroatoms. The highest BCUT2D eigenvalue weighted by molar-refractivity contribution is 5.10. The zero-order valence-corrected chi connectivity index (χ0v) is 5.81. The van der Waals surface area contributed by atoms with Crippen LogP contribution >= 0.6 is 0 Å². The molecule has 0 amide bonds. The Kier molecular flexibility index (Phi) is 3.01. The third kappa shape index (κ3) is 2.45. The Labute approximate surface area is 51.3 Å². The quantitative estimate of drug-likeness (QED) is 0.490. The van der Waals surface area contributed by atoms with Crippen molar-refractivity contribution in [3.05, 3.63) is 24.4 Å². The monoisotopic (exact) mass is 111 g/mol. The highest BCUT2D eigenvalue weighted by Crippen LogP contribution is 1.93. The van der Waals surface area contributed by atoms with Crippen molar-refractivity contribution in [3.63, 3.8) is 0 Å². The third-order valence-electron chi connectivity index (χ3n) is 0.933. The lowest BCUT2D eigenvalue weighted by atomic mass is 10.4. The second-order valence-corrected chi connectivity index (χ2v) is 1.89. The maximum absolute atomic E-state index is 3.78. The van der Waals surface area contributed by atoms with Crippen molar-refractivity contribution in [1.82, 2.24) is 4.90 Å². The molecule has 0 spiro atoms. The molecule has 0 aliphatic carbocycles. The third-order valence-corrected chi connectivity index (χ3v) is 0.933. The highest BCUT2D eigenvalue weighted by atomic mass is 15.1. The van der Waals surface area contributed by atoms with Crippen molar-refractivity contribution in [2.75, 3.05) is 14.1 Å². The normalized spacial score (nSPS) is 9.88. The van der Waals surface area contributed by atoms with E-state index in [-0.39, 0.29) is 0 Å². The molecule has 0 aliphatic rings. The van der Waals surface area contributed by atoms with Gasteiger partial charge in [0.05, 0.1) is 0 Å². The Morgan fingerprint density at radius 1 is 1.50 bits per heavy atom. The van der Waals surface area contributed by atoms with E-state index in [2.05, 4.69) is 6.58 Å². The van der Waals surface area contributed by atoms with Gasteiger partial charge in [0.2, 0.25) is 0 Å². The van der Waals surface area contributed by atoms with E-state index in [0.717, 1.165) is 5.70 Å². The van der Waals surface area contributed by atoms with E-state index in [9.17, 15) is 0 Å². The second kappa shape index (κ2) is 3.30. The van der Waals surface area contributed by atoms with Crippen LogP contribution in [0.15, 0.2) is 24.4 Å². The molecule has 46 valence electrons. The molecule has 0 radical (unpaired) electrons. The van der Waals surface area contributed by atoms with Crippen molar-refractivity contribution in [2.24, 2.45) is 0 Å². The van der Waals surface area contributed by atoms with E-state index >= 15 is 0 Å². The lowest BCUT2D eigenvalue weighted by Gasteiger charge is -2.10. The molecule has 0 bridgehead atoms. The summed E-state index contributed by atoms with van der Waals surface area (Å²) in [6, 6.07) is 0. The molecule has 0 atom stereocenters. The van der Waals surface area contributed by atoms with Gasteiger partial charge in [-0.15, -0.1) is 0 Å². The topological polar surface area (TPSA) is 3.24 Å². The molecule has 0 aromatic carbocycles. The fraction of sp³-hybridized carbons (Fsp3) is 0.429. The van der Waals surface area contributed by atoms with Crippen molar-refractivity contribution in [2.45, 2.75) is 6.92 Å². The van der Waals surface area contributed by atoms with Gasteiger partial charge in [0, 0.05) is 19.8 Å². The van der Waals surface area contributed by atoms with Crippen LogP contribution in [0.2, 0.25) is 0 Å². The molecule has 1 nitrogen and oxygen atoms in total. The van der Waals surface area contributed by atoms with Crippen LogP contribution in [0.5, 0.6) is 0 Å². The molecule has 0 unspecified atom stereocenters. The number of hydrogen-bond donors (Lipinski definition) is 0. The molecule has 0 aliphatic heterocycles. The molecule has 0 rings (SSSR count). The summed E-state index contributed by atoms with van der Waals surface area (Å²) >= 11 is 0. The minimum absolute atomic E-state index is 1.03. The molecule has 0 saturated heterocycles. The van der Waals surface area contributed by atoms with Crippen LogP contribution in [0.3, 0.4) is 0 Å². The van der Waals surface area contributed by atoms with Crippen LogP contribution in [0.1, 0.15) is 6.92 Å². The Balaban J connectivity index is 3.66. The molecule has 8 heavy (non-hydrogen) atoms. The minimum Gasteiger partial charge on any atom is -0.378 e. The summed E-state index contributed by atoms with van der Waals surface area (Å²) < 4.78 is 0. The van der Waals surface area contributed by atoms with Crippen LogP contribution in [-0.2, 0) is 0 Å². The van der Waals surface area contributed by atoms with Gasteiger partial charge in [-0.05, 0) is 13.0 Å². The Hall–Kier alpha value is -0.720. The molecular formula is C7H13N. The SMILES string of the molecule is C=C(/C=C\C)N(C)C. The summed E-state index contributed by atoms with van der Waals surface area (Å²) in [5.74, 6) is 0. The summed E-state index contributed by atoms with van der Waals surface area (Å²) in [5, 5.41) is 0. The van der Waals surface area contributed by atoms with Gasteiger partial charge in [-0.3, -0.25) is 0 Å². The van der Waals surface area contributed by atoms with Crippen molar-refractivity contribution in [3.8, 4) is 0 Å². The van der Waals surface area contributed by atoms with Gasteiger partial charge in [-0.1, -0.05) is 12.7 Å². The van der Waals surface area contributed by atoms with Gasteiger partial charge in [0.15, 0.2) is 0 Å². The first-order chi connectivity index (χ1) is 3.68. The number of likely N-dealkylation sites (N-methyl/N-ethyl adjacent to an activating group) is 1. The standard InChI is InChI=1S/C7H13N/c1-5-6-7(2)8(3)4/h5-6H,2H2,1,3-4H3/b6-5-. The van der Waals surface area contributed by atoms with Crippen LogP contribution in [0, 0.1) is 0 Å². The lowest BCUT2D eigenvalue weighted by molar-refractivity contribution is 0.532. The minimum atomic E-state index is 1.03. The molecule has 0 N–H and O–H groups in total. The molecular weight excluding hydrogens is 98.1 g/mol. The molecule has 0 saturated carbocycles. The smallest absolute Gasteiger partial charge is 0.0284 e. The first kappa shape index (κ1) is 7.28. The average molecular weight is 111 g/mol. The van der Waals surface area contributed by atoms with Crippen molar-refractivity contribution < 1.29 is 0 Å². The maximum atomic E-state index is 3.78. The second-order valence-electron chi connectivity index (χ2n) is 1.89. The van der Waals surface area contributed by atoms with Crippen LogP contribution in [0.4, 0.5) is 0 Å².